The quantitative estimate of drug-likeness (QED) is 0.858. The van der Waals surface area contributed by atoms with E-state index in [1.54, 1.807) is 44.8 Å². The highest BCUT2D eigenvalue weighted by atomic mass is 16.5. The Bertz CT molecular complexity index is 935. The Kier molecular flexibility index (Phi) is 4.04. The standard InChI is InChI=1S/C19H18N4O3/c1-25-15-6-5-13-17(18(15)26-2)22-16(23-9-8-21-19(13)23)10-14(24)12-4-3-7-20-11-12/h3-7,10-11,24H,8-9H2,1-2H3/b14-10-. The number of nitrogens with zero attached hydrogens (tertiary/aromatic N) is 4. The number of benzene rings is 1. The lowest BCUT2D eigenvalue weighted by Gasteiger charge is -2.27. The summed E-state index contributed by atoms with van der Waals surface area (Å²) in [6, 6.07) is 7.34. The van der Waals surface area contributed by atoms with E-state index in [-0.39, 0.29) is 5.76 Å². The lowest BCUT2D eigenvalue weighted by molar-refractivity contribution is 0.356. The van der Waals surface area contributed by atoms with Crippen LogP contribution in [0.2, 0.25) is 0 Å². The lowest BCUT2D eigenvalue weighted by Crippen LogP contribution is -2.36. The van der Waals surface area contributed by atoms with Crippen molar-refractivity contribution in [2.75, 3.05) is 27.3 Å². The molecule has 2 aliphatic rings. The second-order valence-corrected chi connectivity index (χ2v) is 5.80. The van der Waals surface area contributed by atoms with Crippen molar-refractivity contribution in [3.8, 4) is 11.5 Å². The highest BCUT2D eigenvalue weighted by molar-refractivity contribution is 6.20. The zero-order valence-electron chi connectivity index (χ0n) is 14.5. The Hall–Kier alpha value is -3.35. The summed E-state index contributed by atoms with van der Waals surface area (Å²) in [7, 11) is 3.17. The van der Waals surface area contributed by atoms with Crippen molar-refractivity contribution >= 4 is 23.1 Å². The number of aliphatic imine (C=N–C) groups is 2. The van der Waals surface area contributed by atoms with E-state index in [0.29, 0.717) is 41.7 Å². The Morgan fingerprint density at radius 2 is 2.12 bits per heavy atom. The van der Waals surface area contributed by atoms with Crippen molar-refractivity contribution in [2.45, 2.75) is 0 Å². The summed E-state index contributed by atoms with van der Waals surface area (Å²) in [5.41, 5.74) is 2.16. The molecule has 2 aliphatic heterocycles. The molecular weight excluding hydrogens is 332 g/mol. The normalized spacial score (nSPS) is 15.8. The molecule has 7 heteroatoms. The largest absolute Gasteiger partial charge is 0.507 e. The maximum Gasteiger partial charge on any atom is 0.187 e. The number of ether oxygens (including phenoxy) is 2. The molecule has 26 heavy (non-hydrogen) atoms. The number of hydrogen-bond acceptors (Lipinski definition) is 7. The summed E-state index contributed by atoms with van der Waals surface area (Å²) in [6.45, 7) is 1.38. The summed E-state index contributed by atoms with van der Waals surface area (Å²) < 4.78 is 10.9. The molecule has 0 aliphatic carbocycles. The molecule has 0 saturated heterocycles. The van der Waals surface area contributed by atoms with Crippen LogP contribution in [0.5, 0.6) is 11.5 Å². The van der Waals surface area contributed by atoms with E-state index in [0.717, 1.165) is 11.4 Å². The van der Waals surface area contributed by atoms with E-state index in [1.807, 2.05) is 17.0 Å². The fourth-order valence-electron chi connectivity index (χ4n) is 3.11. The molecule has 0 atom stereocenters. The van der Waals surface area contributed by atoms with E-state index in [9.17, 15) is 5.11 Å². The minimum absolute atomic E-state index is 0.0911. The van der Waals surface area contributed by atoms with Crippen LogP contribution in [0, 0.1) is 0 Å². The van der Waals surface area contributed by atoms with Crippen LogP contribution in [0.15, 0.2) is 52.7 Å². The third-order valence-electron chi connectivity index (χ3n) is 4.33. The van der Waals surface area contributed by atoms with Crippen LogP contribution < -0.4 is 9.47 Å². The molecule has 0 saturated carbocycles. The molecule has 4 rings (SSSR count). The van der Waals surface area contributed by atoms with E-state index < -0.39 is 0 Å². The van der Waals surface area contributed by atoms with E-state index in [4.69, 9.17) is 14.5 Å². The highest BCUT2D eigenvalue weighted by Gasteiger charge is 2.31. The number of rotatable bonds is 4. The predicted octanol–water partition coefficient (Wildman–Crippen LogP) is 2.80. The van der Waals surface area contributed by atoms with Gasteiger partial charge in [0.05, 0.1) is 20.8 Å². The van der Waals surface area contributed by atoms with Crippen LogP contribution in [-0.2, 0) is 0 Å². The summed E-state index contributed by atoms with van der Waals surface area (Å²) in [5, 5.41) is 10.5. The van der Waals surface area contributed by atoms with Gasteiger partial charge in [0.2, 0.25) is 0 Å². The van der Waals surface area contributed by atoms with Crippen LogP contribution in [0.1, 0.15) is 11.1 Å². The number of aliphatic hydroxyl groups excluding tert-OH is 1. The first-order valence-electron chi connectivity index (χ1n) is 8.20. The second-order valence-electron chi connectivity index (χ2n) is 5.80. The Morgan fingerprint density at radius 3 is 2.85 bits per heavy atom. The van der Waals surface area contributed by atoms with E-state index in [2.05, 4.69) is 9.98 Å². The molecule has 1 N–H and O–H groups in total. The average Bonchev–Trinajstić information content (AvgIpc) is 3.18. The zero-order chi connectivity index (χ0) is 18.1. The highest BCUT2D eigenvalue weighted by Crippen LogP contribution is 2.43. The topological polar surface area (TPSA) is 79.5 Å². The van der Waals surface area contributed by atoms with Gasteiger partial charge in [-0.25, -0.2) is 4.99 Å². The molecular formula is C19H18N4O3. The lowest BCUT2D eigenvalue weighted by atomic mass is 10.1. The smallest absolute Gasteiger partial charge is 0.187 e. The van der Waals surface area contributed by atoms with Crippen LogP contribution in [-0.4, -0.2) is 54.0 Å². The van der Waals surface area contributed by atoms with Gasteiger partial charge in [0.25, 0.3) is 0 Å². The van der Waals surface area contributed by atoms with Crippen LogP contribution in [0.25, 0.3) is 5.76 Å². The predicted molar refractivity (Wildman–Crippen MR) is 99.6 cm³/mol. The molecule has 0 unspecified atom stereocenters. The van der Waals surface area contributed by atoms with E-state index in [1.165, 1.54) is 0 Å². The van der Waals surface area contributed by atoms with Gasteiger partial charge in [0.15, 0.2) is 11.5 Å². The van der Waals surface area contributed by atoms with Gasteiger partial charge >= 0.3 is 0 Å². The number of amidine groups is 2. The van der Waals surface area contributed by atoms with Crippen LogP contribution in [0.4, 0.5) is 5.69 Å². The van der Waals surface area contributed by atoms with Gasteiger partial charge in [-0.05, 0) is 24.3 Å². The Labute approximate surface area is 150 Å². The van der Waals surface area contributed by atoms with Gasteiger partial charge in [-0.2, -0.15) is 0 Å². The number of hydrogen-bond donors (Lipinski definition) is 1. The first kappa shape index (κ1) is 16.1. The summed E-state index contributed by atoms with van der Waals surface area (Å²) in [5.74, 6) is 2.66. The van der Waals surface area contributed by atoms with Gasteiger partial charge in [0.1, 0.15) is 23.1 Å². The van der Waals surface area contributed by atoms with Gasteiger partial charge in [-0.3, -0.25) is 9.98 Å². The second kappa shape index (κ2) is 6.51. The minimum Gasteiger partial charge on any atom is -0.507 e. The molecule has 7 nitrogen and oxygen atoms in total. The van der Waals surface area contributed by atoms with Crippen LogP contribution >= 0.6 is 0 Å². The molecule has 0 bridgehead atoms. The van der Waals surface area contributed by atoms with Crippen LogP contribution in [0.3, 0.4) is 0 Å². The van der Waals surface area contributed by atoms with Gasteiger partial charge in [-0.1, -0.05) is 0 Å². The van der Waals surface area contributed by atoms with Gasteiger partial charge < -0.3 is 19.5 Å². The molecule has 0 spiro atoms. The van der Waals surface area contributed by atoms with Crippen molar-refractivity contribution in [1.29, 1.82) is 0 Å². The fourth-order valence-corrected chi connectivity index (χ4v) is 3.11. The molecule has 132 valence electrons. The first-order valence-corrected chi connectivity index (χ1v) is 8.20. The van der Waals surface area contributed by atoms with Crippen molar-refractivity contribution in [3.05, 3.63) is 53.9 Å². The molecule has 0 amide bonds. The first-order chi connectivity index (χ1) is 12.7. The number of fused-ring (bicyclic) bond motifs is 3. The molecule has 3 heterocycles. The third kappa shape index (κ3) is 2.57. The SMILES string of the molecule is COc1ccc2c(c1OC)N=C(/C=C(\O)c1cccnc1)N1CCN=C21. The molecule has 1 aromatic carbocycles. The maximum absolute atomic E-state index is 10.5. The van der Waals surface area contributed by atoms with Crippen molar-refractivity contribution in [3.63, 3.8) is 0 Å². The van der Waals surface area contributed by atoms with Gasteiger partial charge in [-0.15, -0.1) is 0 Å². The van der Waals surface area contributed by atoms with E-state index >= 15 is 0 Å². The van der Waals surface area contributed by atoms with Gasteiger partial charge in [0, 0.05) is 36.1 Å². The summed E-state index contributed by atoms with van der Waals surface area (Å²) in [6.07, 6.45) is 4.89. The monoisotopic (exact) mass is 350 g/mol. The van der Waals surface area contributed by atoms with Crippen molar-refractivity contribution in [1.82, 2.24) is 9.88 Å². The third-order valence-corrected chi connectivity index (χ3v) is 4.33. The number of methoxy groups -OCH3 is 2. The Balaban J connectivity index is 1.86. The van der Waals surface area contributed by atoms with Crippen molar-refractivity contribution in [2.24, 2.45) is 9.98 Å². The molecule has 2 aromatic rings. The molecule has 0 radical (unpaired) electrons. The minimum atomic E-state index is 0.0911. The number of aromatic nitrogens is 1. The zero-order valence-corrected chi connectivity index (χ0v) is 14.5. The van der Waals surface area contributed by atoms with Crippen molar-refractivity contribution < 1.29 is 14.6 Å². The molecule has 1 aromatic heterocycles. The molecule has 0 fully saturated rings. The Morgan fingerprint density at radius 1 is 1.23 bits per heavy atom. The summed E-state index contributed by atoms with van der Waals surface area (Å²) in [4.78, 5) is 15.4. The fraction of sp³-hybridized carbons (Fsp3) is 0.211. The number of pyridine rings is 1. The average molecular weight is 350 g/mol. The number of aliphatic hydroxyl groups is 1. The maximum atomic E-state index is 10.5. The summed E-state index contributed by atoms with van der Waals surface area (Å²) >= 11 is 0.